The maximum Gasteiger partial charge on any atom is 0.416 e. The van der Waals surface area contributed by atoms with E-state index in [-0.39, 0.29) is 77.4 Å². The summed E-state index contributed by atoms with van der Waals surface area (Å²) in [6.07, 6.45) is -3.10. The van der Waals surface area contributed by atoms with E-state index in [2.05, 4.69) is 41.2 Å². The molecule has 0 unspecified atom stereocenters. The van der Waals surface area contributed by atoms with E-state index in [0.29, 0.717) is 22.4 Å². The summed E-state index contributed by atoms with van der Waals surface area (Å²) in [5, 5.41) is 12.6. The second-order valence-corrected chi connectivity index (χ2v) is 11.7. The molecule has 12 nitrogen and oxygen atoms in total. The van der Waals surface area contributed by atoms with Crippen molar-refractivity contribution in [3.63, 3.8) is 0 Å². The first-order chi connectivity index (χ1) is 21.7. The van der Waals surface area contributed by atoms with E-state index in [4.69, 9.17) is 11.6 Å². The summed E-state index contributed by atoms with van der Waals surface area (Å²) in [6, 6.07) is 2.62. The van der Waals surface area contributed by atoms with E-state index in [0.717, 1.165) is 18.2 Å². The van der Waals surface area contributed by atoms with Gasteiger partial charge in [-0.2, -0.15) is 13.2 Å². The summed E-state index contributed by atoms with van der Waals surface area (Å²) in [5.41, 5.74) is 0.170. The average molecular weight is 724 g/mol. The summed E-state index contributed by atoms with van der Waals surface area (Å²) in [7, 11) is 0. The van der Waals surface area contributed by atoms with Crippen molar-refractivity contribution in [1.29, 1.82) is 0 Å². The summed E-state index contributed by atoms with van der Waals surface area (Å²) in [6.45, 7) is 5.60. The standard InChI is InChI=1S/C29H27BrClF3N8O4/c1-4-19-23(40-7-9-41(10-8-40)28(46)22-24(44)14(2)35-13-36-22)25(45)21-27(37-15(3)26(30)39-21)42(19)12-20(43)38-18-6-5-16(11-17(18)31)29(32,33)34/h5-6,11,13,44H,4,7-10,12H2,1-3H3,(H,38,43). The van der Waals surface area contributed by atoms with Crippen molar-refractivity contribution >= 4 is 61.9 Å². The molecule has 3 aromatic heterocycles. The topological polar surface area (TPSA) is 146 Å². The number of amides is 2. The molecule has 0 aliphatic carbocycles. The fourth-order valence-electron chi connectivity index (χ4n) is 5.21. The molecule has 0 atom stereocenters. The number of nitrogens with one attached hydrogen (secondary N) is 1. The molecule has 0 saturated carbocycles. The monoisotopic (exact) mass is 722 g/mol. The van der Waals surface area contributed by atoms with Crippen molar-refractivity contribution in [1.82, 2.24) is 29.4 Å². The number of piperazine rings is 1. The summed E-state index contributed by atoms with van der Waals surface area (Å²) in [4.78, 5) is 60.5. The van der Waals surface area contributed by atoms with Crippen molar-refractivity contribution in [2.45, 2.75) is 39.9 Å². The van der Waals surface area contributed by atoms with Crippen molar-refractivity contribution in [2.75, 3.05) is 36.4 Å². The second-order valence-electron chi connectivity index (χ2n) is 10.5. The van der Waals surface area contributed by atoms with Crippen LogP contribution in [0.5, 0.6) is 5.75 Å². The zero-order valence-electron chi connectivity index (χ0n) is 24.7. The van der Waals surface area contributed by atoms with Gasteiger partial charge in [0.15, 0.2) is 22.6 Å². The van der Waals surface area contributed by atoms with Crippen molar-refractivity contribution in [2.24, 2.45) is 0 Å². The maximum absolute atomic E-state index is 14.0. The zero-order valence-corrected chi connectivity index (χ0v) is 27.1. The molecule has 242 valence electrons. The molecule has 0 spiro atoms. The van der Waals surface area contributed by atoms with Crippen LogP contribution in [-0.4, -0.2) is 72.5 Å². The Balaban J connectivity index is 1.48. The number of aromatic nitrogens is 5. The lowest BCUT2D eigenvalue weighted by Gasteiger charge is -2.37. The van der Waals surface area contributed by atoms with Crippen LogP contribution >= 0.6 is 27.5 Å². The van der Waals surface area contributed by atoms with Crippen LogP contribution in [0.25, 0.3) is 11.2 Å². The van der Waals surface area contributed by atoms with Gasteiger partial charge >= 0.3 is 6.18 Å². The minimum Gasteiger partial charge on any atom is -0.504 e. The third-order valence-corrected chi connectivity index (χ3v) is 8.64. The summed E-state index contributed by atoms with van der Waals surface area (Å²) < 4.78 is 41.2. The summed E-state index contributed by atoms with van der Waals surface area (Å²) in [5.74, 6) is -1.39. The number of halogens is 5. The second kappa shape index (κ2) is 12.8. The largest absolute Gasteiger partial charge is 0.504 e. The van der Waals surface area contributed by atoms with Crippen LogP contribution in [0.2, 0.25) is 5.02 Å². The van der Waals surface area contributed by atoms with Crippen LogP contribution in [0.4, 0.5) is 24.5 Å². The number of rotatable bonds is 6. The van der Waals surface area contributed by atoms with Gasteiger partial charge in [-0.25, -0.2) is 19.9 Å². The Morgan fingerprint density at radius 1 is 1.09 bits per heavy atom. The predicted molar refractivity (Wildman–Crippen MR) is 167 cm³/mol. The number of alkyl halides is 3. The molecule has 5 rings (SSSR count). The number of carbonyl (C=O) groups excluding carboxylic acids is 2. The van der Waals surface area contributed by atoms with E-state index in [9.17, 15) is 32.7 Å². The Morgan fingerprint density at radius 3 is 2.41 bits per heavy atom. The first kappa shape index (κ1) is 33.1. The number of hydrogen-bond donors (Lipinski definition) is 2. The van der Waals surface area contributed by atoms with E-state index >= 15 is 0 Å². The Kier molecular flexibility index (Phi) is 9.22. The van der Waals surface area contributed by atoms with Gasteiger partial charge in [-0.15, -0.1) is 0 Å². The smallest absolute Gasteiger partial charge is 0.416 e. The predicted octanol–water partition coefficient (Wildman–Crippen LogP) is 4.50. The lowest BCUT2D eigenvalue weighted by atomic mass is 10.1. The number of fused-ring (bicyclic) bond motifs is 1. The minimum absolute atomic E-state index is 0.00456. The maximum atomic E-state index is 14.0. The van der Waals surface area contributed by atoms with Gasteiger partial charge in [0.05, 0.1) is 27.7 Å². The molecule has 1 aliphatic rings. The third kappa shape index (κ3) is 6.35. The lowest BCUT2D eigenvalue weighted by Crippen LogP contribution is -2.50. The highest BCUT2D eigenvalue weighted by atomic mass is 79.9. The van der Waals surface area contributed by atoms with E-state index in [1.165, 1.54) is 11.2 Å². The zero-order chi connectivity index (χ0) is 33.5. The third-order valence-electron chi connectivity index (χ3n) is 7.58. The van der Waals surface area contributed by atoms with Gasteiger partial charge in [-0.05, 0) is 54.4 Å². The number of hydrogen-bond acceptors (Lipinski definition) is 9. The van der Waals surface area contributed by atoms with Gasteiger partial charge in [0.1, 0.15) is 23.2 Å². The van der Waals surface area contributed by atoms with Crippen molar-refractivity contribution < 1.29 is 27.9 Å². The molecule has 4 heterocycles. The number of anilines is 2. The quantitative estimate of drug-likeness (QED) is 0.294. The van der Waals surface area contributed by atoms with Crippen LogP contribution in [0, 0.1) is 13.8 Å². The number of aromatic hydroxyl groups is 1. The minimum atomic E-state index is -4.60. The molecule has 4 aromatic rings. The molecule has 1 fully saturated rings. The molecule has 0 bridgehead atoms. The highest BCUT2D eigenvalue weighted by Gasteiger charge is 2.32. The van der Waals surface area contributed by atoms with Crippen LogP contribution in [0.3, 0.4) is 0 Å². The Labute approximate surface area is 273 Å². The molecule has 1 aliphatic heterocycles. The lowest BCUT2D eigenvalue weighted by molar-refractivity contribution is -0.137. The van der Waals surface area contributed by atoms with Gasteiger partial charge in [0, 0.05) is 31.9 Å². The number of aryl methyl sites for hydroxylation is 2. The van der Waals surface area contributed by atoms with Gasteiger partial charge in [-0.3, -0.25) is 14.4 Å². The van der Waals surface area contributed by atoms with Gasteiger partial charge < -0.3 is 24.8 Å². The fraction of sp³-hybridized carbons (Fsp3) is 0.345. The highest BCUT2D eigenvalue weighted by molar-refractivity contribution is 9.10. The fourth-order valence-corrected chi connectivity index (χ4v) is 5.71. The van der Waals surface area contributed by atoms with Crippen LogP contribution in [0.1, 0.15) is 40.1 Å². The van der Waals surface area contributed by atoms with Gasteiger partial charge in [-0.1, -0.05) is 18.5 Å². The van der Waals surface area contributed by atoms with Crippen molar-refractivity contribution in [3.8, 4) is 5.75 Å². The van der Waals surface area contributed by atoms with E-state index in [1.54, 1.807) is 18.4 Å². The Hall–Kier alpha value is -4.31. The first-order valence-corrected chi connectivity index (χ1v) is 15.2. The number of benzene rings is 1. The normalized spacial score (nSPS) is 13.7. The average Bonchev–Trinajstić information content (AvgIpc) is 3.01. The molecular formula is C29H27BrClF3N8O4. The Morgan fingerprint density at radius 2 is 1.78 bits per heavy atom. The van der Waals surface area contributed by atoms with Crippen LogP contribution in [0.15, 0.2) is 33.9 Å². The van der Waals surface area contributed by atoms with Crippen LogP contribution < -0.4 is 15.6 Å². The van der Waals surface area contributed by atoms with E-state index < -0.39 is 29.0 Å². The van der Waals surface area contributed by atoms with E-state index in [1.807, 2.05) is 11.8 Å². The molecular weight excluding hydrogens is 697 g/mol. The van der Waals surface area contributed by atoms with Crippen LogP contribution in [-0.2, 0) is 23.9 Å². The molecule has 2 N–H and O–H groups in total. The molecule has 17 heteroatoms. The molecule has 1 aromatic carbocycles. The van der Waals surface area contributed by atoms with Gasteiger partial charge in [0.25, 0.3) is 5.91 Å². The molecule has 46 heavy (non-hydrogen) atoms. The molecule has 0 radical (unpaired) electrons. The number of nitrogens with zero attached hydrogens (tertiary/aromatic N) is 7. The van der Waals surface area contributed by atoms with Gasteiger partial charge in [0.2, 0.25) is 11.3 Å². The summed E-state index contributed by atoms with van der Waals surface area (Å²) >= 11 is 9.39. The number of carbonyl (C=O) groups is 2. The SMILES string of the molecule is CCc1c(N2CCN(C(=O)c3ncnc(C)c3O)CC2)c(=O)c2nc(Br)c(C)nc2n1CC(=O)Nc1ccc(C(F)(F)F)cc1Cl. The highest BCUT2D eigenvalue weighted by Crippen LogP contribution is 2.34. The first-order valence-electron chi connectivity index (χ1n) is 14.0. The Bertz CT molecular complexity index is 1930. The van der Waals surface area contributed by atoms with Crippen molar-refractivity contribution in [3.05, 3.63) is 72.7 Å². The molecule has 1 saturated heterocycles. The molecule has 2 amide bonds. The number of pyridine rings is 1.